The minimum Gasteiger partial charge on any atom is -0.466 e. The summed E-state index contributed by atoms with van der Waals surface area (Å²) in [7, 11) is 0. The highest BCUT2D eigenvalue weighted by Crippen LogP contribution is 2.40. The molecule has 8 heteroatoms. The average molecular weight is 368 g/mol. The third-order valence-electron chi connectivity index (χ3n) is 2.11. The molecule has 1 rings (SSSR count). The molecule has 0 saturated heterocycles. The summed E-state index contributed by atoms with van der Waals surface area (Å²) in [5, 5.41) is 8.90. The lowest BCUT2D eigenvalue weighted by Gasteiger charge is -2.11. The van der Waals surface area contributed by atoms with E-state index >= 15 is 0 Å². The summed E-state index contributed by atoms with van der Waals surface area (Å²) in [5.41, 5.74) is -4.27. The van der Waals surface area contributed by atoms with Crippen LogP contribution < -0.4 is 0 Å². The van der Waals surface area contributed by atoms with Gasteiger partial charge in [-0.25, -0.2) is 0 Å². The van der Waals surface area contributed by atoms with Crippen LogP contribution in [-0.4, -0.2) is 18.1 Å². The van der Waals surface area contributed by atoms with E-state index in [4.69, 9.17) is 10.00 Å². The summed E-state index contributed by atoms with van der Waals surface area (Å²) < 4.78 is 42.3. The van der Waals surface area contributed by atoms with Gasteiger partial charge < -0.3 is 4.74 Å². The first-order valence-corrected chi connectivity index (χ1v) is 7.01. The molecule has 3 nitrogen and oxygen atoms in total. The first-order valence-electron chi connectivity index (χ1n) is 5.40. The number of alkyl halides is 3. The van der Waals surface area contributed by atoms with Crippen LogP contribution in [0.2, 0.25) is 0 Å². The van der Waals surface area contributed by atoms with Crippen molar-refractivity contribution in [3.8, 4) is 6.07 Å². The maximum atomic E-state index is 12.5. The lowest BCUT2D eigenvalue weighted by molar-refractivity contribution is -0.142. The largest absolute Gasteiger partial charge is 0.466 e. The minimum absolute atomic E-state index is 0.111. The highest BCUT2D eigenvalue weighted by molar-refractivity contribution is 9.10. The fraction of sp³-hybridized carbons (Fsp3) is 0.333. The smallest absolute Gasteiger partial charge is 0.446 e. The molecule has 0 unspecified atom stereocenters. The van der Waals surface area contributed by atoms with Crippen molar-refractivity contribution in [2.45, 2.75) is 23.7 Å². The first kappa shape index (κ1) is 16.9. The highest BCUT2D eigenvalue weighted by Gasteiger charge is 2.31. The molecule has 0 saturated carbocycles. The van der Waals surface area contributed by atoms with E-state index in [1.54, 1.807) is 13.0 Å². The molecule has 0 amide bonds. The van der Waals surface area contributed by atoms with E-state index in [2.05, 4.69) is 15.9 Å². The number of ether oxygens (including phenoxy) is 1. The van der Waals surface area contributed by atoms with Gasteiger partial charge in [0.2, 0.25) is 0 Å². The molecule has 1 aromatic rings. The normalized spacial score (nSPS) is 11.0. The molecule has 108 valence electrons. The van der Waals surface area contributed by atoms with E-state index in [0.717, 1.165) is 0 Å². The van der Waals surface area contributed by atoms with E-state index in [-0.39, 0.29) is 39.7 Å². The third-order valence-corrected chi connectivity index (χ3v) is 3.50. The van der Waals surface area contributed by atoms with E-state index in [0.29, 0.717) is 5.56 Å². The van der Waals surface area contributed by atoms with Gasteiger partial charge in [-0.3, -0.25) is 4.79 Å². The van der Waals surface area contributed by atoms with Crippen molar-refractivity contribution >= 4 is 33.7 Å². The summed E-state index contributed by atoms with van der Waals surface area (Å²) in [6.07, 6.45) is -0.149. The number of benzene rings is 1. The van der Waals surface area contributed by atoms with Gasteiger partial charge in [0, 0.05) is 9.37 Å². The zero-order valence-corrected chi connectivity index (χ0v) is 12.7. The number of halogens is 4. The van der Waals surface area contributed by atoms with Crippen LogP contribution in [0.1, 0.15) is 18.1 Å². The number of carbonyl (C=O) groups excluding carboxylic acids is 1. The van der Waals surface area contributed by atoms with Crippen molar-refractivity contribution in [1.82, 2.24) is 0 Å². The van der Waals surface area contributed by atoms with Crippen LogP contribution in [0.3, 0.4) is 0 Å². The Hall–Kier alpha value is -1.20. The number of thioether (sulfide) groups is 1. The van der Waals surface area contributed by atoms with E-state index in [1.165, 1.54) is 12.1 Å². The lowest BCUT2D eigenvalue weighted by atomic mass is 10.1. The molecular formula is C12H9BrF3NO2S. The molecule has 0 bridgehead atoms. The predicted octanol–water partition coefficient (Wildman–Crippen LogP) is 4.04. The second-order valence-corrected chi connectivity index (χ2v) is 5.55. The van der Waals surface area contributed by atoms with Crippen molar-refractivity contribution in [2.75, 3.05) is 6.61 Å². The molecule has 0 N–H and O–H groups in total. The number of hydrogen-bond donors (Lipinski definition) is 0. The Bertz CT molecular complexity index is 555. The maximum Gasteiger partial charge on any atom is 0.446 e. The Balaban J connectivity index is 3.12. The Kier molecular flexibility index (Phi) is 5.89. The van der Waals surface area contributed by atoms with Gasteiger partial charge >= 0.3 is 11.5 Å². The first-order chi connectivity index (χ1) is 9.26. The van der Waals surface area contributed by atoms with Gasteiger partial charge in [-0.05, 0) is 52.3 Å². The molecule has 0 fully saturated rings. The van der Waals surface area contributed by atoms with Gasteiger partial charge in [-0.2, -0.15) is 18.4 Å². The summed E-state index contributed by atoms with van der Waals surface area (Å²) >= 11 is 2.66. The Labute approximate surface area is 126 Å². The molecule has 20 heavy (non-hydrogen) atoms. The minimum atomic E-state index is -4.51. The summed E-state index contributed by atoms with van der Waals surface area (Å²) in [6, 6.07) is 4.33. The molecule has 0 spiro atoms. The van der Waals surface area contributed by atoms with Gasteiger partial charge in [0.1, 0.15) is 6.07 Å². The number of nitriles is 1. The number of carbonyl (C=O) groups is 1. The second kappa shape index (κ2) is 6.99. The second-order valence-electron chi connectivity index (χ2n) is 3.59. The number of esters is 1. The third kappa shape index (κ3) is 5.06. The van der Waals surface area contributed by atoms with Crippen molar-refractivity contribution in [1.29, 1.82) is 5.26 Å². The number of nitrogens with zero attached hydrogens (tertiary/aromatic N) is 1. The average Bonchev–Trinajstić information content (AvgIpc) is 2.26. The number of hydrogen-bond acceptors (Lipinski definition) is 4. The van der Waals surface area contributed by atoms with Crippen LogP contribution in [0.5, 0.6) is 0 Å². The van der Waals surface area contributed by atoms with E-state index in [9.17, 15) is 18.0 Å². The molecule has 0 radical (unpaired) electrons. The van der Waals surface area contributed by atoms with Gasteiger partial charge in [-0.1, -0.05) is 0 Å². The van der Waals surface area contributed by atoms with Crippen LogP contribution in [0.25, 0.3) is 0 Å². The molecule has 1 aromatic carbocycles. The fourth-order valence-corrected chi connectivity index (χ4v) is 2.87. The molecule has 0 aliphatic rings. The van der Waals surface area contributed by atoms with Crippen LogP contribution in [0.15, 0.2) is 21.5 Å². The SMILES string of the molecule is CCOC(=O)Cc1cc(Br)c(C#N)c(SC(F)(F)F)c1. The van der Waals surface area contributed by atoms with Gasteiger partial charge in [0.15, 0.2) is 0 Å². The topological polar surface area (TPSA) is 50.1 Å². The van der Waals surface area contributed by atoms with Gasteiger partial charge in [0.25, 0.3) is 0 Å². The molecular weight excluding hydrogens is 359 g/mol. The monoisotopic (exact) mass is 367 g/mol. The Morgan fingerprint density at radius 3 is 2.65 bits per heavy atom. The van der Waals surface area contributed by atoms with Crippen LogP contribution in [-0.2, 0) is 16.0 Å². The van der Waals surface area contributed by atoms with Crippen molar-refractivity contribution < 1.29 is 22.7 Å². The van der Waals surface area contributed by atoms with Crippen LogP contribution in [0, 0.1) is 11.3 Å². The molecule has 0 aromatic heterocycles. The fourth-order valence-electron chi connectivity index (χ4n) is 1.43. The zero-order chi connectivity index (χ0) is 15.3. The molecule has 0 atom stereocenters. The van der Waals surface area contributed by atoms with E-state index in [1.807, 2.05) is 0 Å². The highest BCUT2D eigenvalue weighted by atomic mass is 79.9. The maximum absolute atomic E-state index is 12.5. The summed E-state index contributed by atoms with van der Waals surface area (Å²) in [4.78, 5) is 11.1. The van der Waals surface area contributed by atoms with E-state index < -0.39 is 11.5 Å². The van der Waals surface area contributed by atoms with Crippen LogP contribution in [0.4, 0.5) is 13.2 Å². The Morgan fingerprint density at radius 2 is 2.15 bits per heavy atom. The Morgan fingerprint density at radius 1 is 1.50 bits per heavy atom. The van der Waals surface area contributed by atoms with Gasteiger partial charge in [0.05, 0.1) is 18.6 Å². The molecule has 0 aliphatic carbocycles. The zero-order valence-electron chi connectivity index (χ0n) is 10.3. The summed E-state index contributed by atoms with van der Waals surface area (Å²) in [6.45, 7) is 1.83. The quantitative estimate of drug-likeness (QED) is 0.595. The molecule has 0 aliphatic heterocycles. The standard InChI is InChI=1S/C12H9BrF3NO2S/c1-2-19-11(18)5-7-3-9(13)8(6-17)10(4-7)20-12(14,15)16/h3-4H,2,5H2,1H3. The molecule has 0 heterocycles. The summed E-state index contributed by atoms with van der Waals surface area (Å²) in [5.74, 6) is -0.535. The van der Waals surface area contributed by atoms with Crippen molar-refractivity contribution in [3.63, 3.8) is 0 Å². The van der Waals surface area contributed by atoms with Gasteiger partial charge in [-0.15, -0.1) is 0 Å². The number of rotatable bonds is 4. The van der Waals surface area contributed by atoms with Crippen molar-refractivity contribution in [2.24, 2.45) is 0 Å². The lowest BCUT2D eigenvalue weighted by Crippen LogP contribution is -2.08. The van der Waals surface area contributed by atoms with Crippen LogP contribution >= 0.6 is 27.7 Å². The van der Waals surface area contributed by atoms with Crippen molar-refractivity contribution in [3.05, 3.63) is 27.7 Å². The predicted molar refractivity (Wildman–Crippen MR) is 71.1 cm³/mol.